The summed E-state index contributed by atoms with van der Waals surface area (Å²) in [6.45, 7) is 3.63. The highest BCUT2D eigenvalue weighted by molar-refractivity contribution is 5.87. The summed E-state index contributed by atoms with van der Waals surface area (Å²) in [6.07, 6.45) is -4.58. The molecule has 96 valence electrons. The largest absolute Gasteiger partial charge is 0.389 e. The fourth-order valence-corrected chi connectivity index (χ4v) is 1.48. The fourth-order valence-electron chi connectivity index (χ4n) is 1.48. The van der Waals surface area contributed by atoms with Gasteiger partial charge in [0.25, 0.3) is 0 Å². The lowest BCUT2D eigenvalue weighted by molar-refractivity contribution is -0.139. The van der Waals surface area contributed by atoms with Gasteiger partial charge in [-0.25, -0.2) is 0 Å². The molecule has 0 saturated carbocycles. The molecule has 16 heavy (non-hydrogen) atoms. The topological polar surface area (TPSA) is 20.3 Å². The van der Waals surface area contributed by atoms with Gasteiger partial charge in [-0.2, -0.15) is 13.2 Å². The molecule has 0 spiro atoms. The van der Waals surface area contributed by atoms with Crippen LogP contribution in [-0.4, -0.2) is 36.5 Å². The van der Waals surface area contributed by atoms with Gasteiger partial charge < -0.3 is 0 Å². The zero-order chi connectivity index (χ0) is 13.0. The molecule has 0 aliphatic heterocycles. The van der Waals surface area contributed by atoms with Crippen LogP contribution in [0.5, 0.6) is 0 Å². The summed E-state index contributed by atoms with van der Waals surface area (Å²) in [5.74, 6) is -0.121. The second-order valence-electron chi connectivity index (χ2n) is 4.41. The van der Waals surface area contributed by atoms with E-state index in [1.807, 2.05) is 6.92 Å². The lowest BCUT2D eigenvalue weighted by Gasteiger charge is -2.34. The quantitative estimate of drug-likeness (QED) is 0.710. The number of carbonyl (C=O) groups excluding carboxylic acids is 1. The second-order valence-corrected chi connectivity index (χ2v) is 4.41. The SMILES string of the molecule is CCC(C)(C(=O)CCCC(F)(F)F)N(C)C. The molecule has 2 nitrogen and oxygen atoms in total. The molecule has 0 bridgehead atoms. The van der Waals surface area contributed by atoms with Gasteiger partial charge in [-0.3, -0.25) is 9.69 Å². The van der Waals surface area contributed by atoms with Crippen molar-refractivity contribution in [3.63, 3.8) is 0 Å². The molecule has 0 saturated heterocycles. The average Bonchev–Trinajstić information content (AvgIpc) is 2.13. The first kappa shape index (κ1) is 15.4. The average molecular weight is 239 g/mol. The Kier molecular flexibility index (Phi) is 5.46. The highest BCUT2D eigenvalue weighted by Gasteiger charge is 2.34. The molecule has 0 amide bonds. The van der Waals surface area contributed by atoms with Gasteiger partial charge in [0.2, 0.25) is 0 Å². The molecule has 0 aromatic carbocycles. The van der Waals surface area contributed by atoms with Crippen molar-refractivity contribution >= 4 is 5.78 Å². The summed E-state index contributed by atoms with van der Waals surface area (Å²) < 4.78 is 35.8. The normalized spacial score (nSPS) is 16.2. The van der Waals surface area contributed by atoms with Gasteiger partial charge in [0, 0.05) is 12.8 Å². The van der Waals surface area contributed by atoms with E-state index >= 15 is 0 Å². The van der Waals surface area contributed by atoms with Crippen LogP contribution in [0.3, 0.4) is 0 Å². The van der Waals surface area contributed by atoms with Crippen molar-refractivity contribution in [2.45, 2.75) is 51.2 Å². The Labute approximate surface area is 94.8 Å². The van der Waals surface area contributed by atoms with Crippen LogP contribution in [0.25, 0.3) is 0 Å². The fraction of sp³-hybridized carbons (Fsp3) is 0.909. The first-order chi connectivity index (χ1) is 7.13. The van der Waals surface area contributed by atoms with Gasteiger partial charge in [0.1, 0.15) is 0 Å². The van der Waals surface area contributed by atoms with Gasteiger partial charge in [-0.1, -0.05) is 6.92 Å². The van der Waals surface area contributed by atoms with E-state index in [1.165, 1.54) is 0 Å². The van der Waals surface area contributed by atoms with Crippen molar-refractivity contribution < 1.29 is 18.0 Å². The first-order valence-corrected chi connectivity index (χ1v) is 5.41. The van der Waals surface area contributed by atoms with E-state index in [0.29, 0.717) is 6.42 Å². The molecule has 5 heteroatoms. The van der Waals surface area contributed by atoms with Crippen LogP contribution in [0.2, 0.25) is 0 Å². The molecule has 1 unspecified atom stereocenters. The van der Waals surface area contributed by atoms with Gasteiger partial charge in [0.15, 0.2) is 5.78 Å². The van der Waals surface area contributed by atoms with Crippen LogP contribution in [0.4, 0.5) is 13.2 Å². The highest BCUT2D eigenvalue weighted by atomic mass is 19.4. The monoisotopic (exact) mass is 239 g/mol. The number of nitrogens with zero attached hydrogens (tertiary/aromatic N) is 1. The van der Waals surface area contributed by atoms with Crippen LogP contribution in [0.1, 0.15) is 39.5 Å². The van der Waals surface area contributed by atoms with E-state index in [-0.39, 0.29) is 18.6 Å². The molecule has 0 aromatic rings. The van der Waals surface area contributed by atoms with Crippen LogP contribution in [0.15, 0.2) is 0 Å². The summed E-state index contributed by atoms with van der Waals surface area (Å²) in [5.41, 5.74) is -0.647. The number of likely N-dealkylation sites (N-methyl/N-ethyl adjacent to an activating group) is 1. The number of hydrogen-bond acceptors (Lipinski definition) is 2. The van der Waals surface area contributed by atoms with Gasteiger partial charge in [0.05, 0.1) is 5.54 Å². The number of hydrogen-bond donors (Lipinski definition) is 0. The van der Waals surface area contributed by atoms with Crippen LogP contribution in [-0.2, 0) is 4.79 Å². The number of ketones is 1. The summed E-state index contributed by atoms with van der Waals surface area (Å²) in [5, 5.41) is 0. The summed E-state index contributed by atoms with van der Waals surface area (Å²) >= 11 is 0. The van der Waals surface area contributed by atoms with Crippen molar-refractivity contribution in [2.75, 3.05) is 14.1 Å². The minimum absolute atomic E-state index is 0.0119. The van der Waals surface area contributed by atoms with Crippen LogP contribution < -0.4 is 0 Å². The van der Waals surface area contributed by atoms with Crippen molar-refractivity contribution in [1.29, 1.82) is 0 Å². The lowest BCUT2D eigenvalue weighted by Crippen LogP contribution is -2.47. The number of halogens is 3. The van der Waals surface area contributed by atoms with E-state index in [9.17, 15) is 18.0 Å². The minimum atomic E-state index is -4.17. The first-order valence-electron chi connectivity index (χ1n) is 5.41. The van der Waals surface area contributed by atoms with Gasteiger partial charge >= 0.3 is 6.18 Å². The maximum Gasteiger partial charge on any atom is 0.389 e. The maximum atomic E-state index is 11.9. The third-order valence-corrected chi connectivity index (χ3v) is 3.14. The molecule has 0 aromatic heterocycles. The van der Waals surface area contributed by atoms with E-state index in [2.05, 4.69) is 0 Å². The molecule has 0 rings (SSSR count). The van der Waals surface area contributed by atoms with Crippen molar-refractivity contribution in [3.05, 3.63) is 0 Å². The Hall–Kier alpha value is -0.580. The number of Topliss-reactive ketones (excluding diaryl/α,β-unsaturated/α-hetero) is 1. The third kappa shape index (κ3) is 4.51. The van der Waals surface area contributed by atoms with E-state index in [0.717, 1.165) is 0 Å². The van der Waals surface area contributed by atoms with Crippen LogP contribution in [0, 0.1) is 0 Å². The summed E-state index contributed by atoms with van der Waals surface area (Å²) in [6, 6.07) is 0. The molecule has 0 radical (unpaired) electrons. The Balaban J connectivity index is 4.25. The smallest absolute Gasteiger partial charge is 0.298 e. The van der Waals surface area contributed by atoms with Crippen molar-refractivity contribution in [2.24, 2.45) is 0 Å². The Bertz CT molecular complexity index is 238. The Morgan fingerprint density at radius 2 is 1.75 bits per heavy atom. The Morgan fingerprint density at radius 1 is 1.25 bits per heavy atom. The van der Waals surface area contributed by atoms with Crippen molar-refractivity contribution in [1.82, 2.24) is 4.90 Å². The number of carbonyl (C=O) groups is 1. The zero-order valence-corrected chi connectivity index (χ0v) is 10.3. The van der Waals surface area contributed by atoms with Crippen molar-refractivity contribution in [3.8, 4) is 0 Å². The molecule has 0 fully saturated rings. The molecule has 1 atom stereocenters. The van der Waals surface area contributed by atoms with Gasteiger partial charge in [-0.15, -0.1) is 0 Å². The van der Waals surface area contributed by atoms with E-state index in [1.54, 1.807) is 25.9 Å². The highest BCUT2D eigenvalue weighted by Crippen LogP contribution is 2.25. The number of alkyl halides is 3. The second kappa shape index (κ2) is 5.66. The van der Waals surface area contributed by atoms with Gasteiger partial charge in [-0.05, 0) is 33.9 Å². The predicted octanol–water partition coefficient (Wildman–Crippen LogP) is 3.02. The molecule has 0 N–H and O–H groups in total. The molecule has 0 aliphatic rings. The predicted molar refractivity (Wildman–Crippen MR) is 57.3 cm³/mol. The minimum Gasteiger partial charge on any atom is -0.298 e. The molecule has 0 heterocycles. The standard InChI is InChI=1S/C11H20F3NO/c1-5-10(2,15(3)4)9(16)7-6-8-11(12,13)14/h5-8H2,1-4H3. The maximum absolute atomic E-state index is 11.9. The third-order valence-electron chi connectivity index (χ3n) is 3.14. The molecular formula is C11H20F3NO. The van der Waals surface area contributed by atoms with Crippen LogP contribution >= 0.6 is 0 Å². The summed E-state index contributed by atoms with van der Waals surface area (Å²) in [7, 11) is 3.54. The molecular weight excluding hydrogens is 219 g/mol. The zero-order valence-electron chi connectivity index (χ0n) is 10.3. The lowest BCUT2D eigenvalue weighted by atomic mass is 9.89. The summed E-state index contributed by atoms with van der Waals surface area (Å²) in [4.78, 5) is 13.6. The van der Waals surface area contributed by atoms with E-state index < -0.39 is 18.1 Å². The number of rotatable bonds is 6. The Morgan fingerprint density at radius 3 is 2.06 bits per heavy atom. The molecule has 0 aliphatic carbocycles. The van der Waals surface area contributed by atoms with E-state index in [4.69, 9.17) is 0 Å².